The van der Waals surface area contributed by atoms with Gasteiger partial charge in [0.2, 0.25) is 11.8 Å². The number of hydrogen-bond acceptors (Lipinski definition) is 12. The number of carbonyl (C=O) groups excluding carboxylic acids is 4. The number of likely N-dealkylation sites (tertiary alicyclic amines) is 3. The molecule has 8 heterocycles. The van der Waals surface area contributed by atoms with Crippen molar-refractivity contribution in [3.63, 3.8) is 0 Å². The Bertz CT molecular complexity index is 2640. The van der Waals surface area contributed by atoms with Crippen molar-refractivity contribution >= 4 is 45.9 Å². The standard InChI is InChI=1S/C52H67N9O6S/c1-29-30(2)42(29)47(63)55-44-46(58-26-52(27-58)17-10-19-59(52)32(4)62)48-54-40(25-68-48)33-13-16-41-37(21-33)38(22-51(5,6)28-67-50(65)39-12-9-20-60(56-39)49(44)64)45(36-11-8-18-53-43(36)31(3)66-7)61(41)35-23-57(24-35)34-14-15-34/h8,11,13,16,18,21,25,29-31,34-35,39,42,44,46,56H,9-10,12,14-15,17,19-20,22-24,26-28H2,1-7H3,(H,55,63)/t29-,30+,31-,39-,42?,44-,46-/m0/s1. The lowest BCUT2D eigenvalue weighted by molar-refractivity contribution is -0.158. The molecule has 2 aliphatic carbocycles. The topological polar surface area (TPSA) is 154 Å². The Morgan fingerprint density at radius 2 is 1.79 bits per heavy atom. The summed E-state index contributed by atoms with van der Waals surface area (Å²) in [5.74, 6) is -0.620. The highest BCUT2D eigenvalue weighted by Gasteiger charge is 2.57. The quantitative estimate of drug-likeness (QED) is 0.192. The van der Waals surface area contributed by atoms with E-state index in [1.54, 1.807) is 14.0 Å². The Hall–Kier alpha value is -4.74. The molecule has 7 aliphatic rings. The molecule has 4 aromatic rings. The molecule has 362 valence electrons. The van der Waals surface area contributed by atoms with E-state index in [4.69, 9.17) is 19.4 Å². The number of methoxy groups -OCH3 is 1. The third-order valence-electron chi connectivity index (χ3n) is 16.7. The number of thiazole rings is 1. The van der Waals surface area contributed by atoms with E-state index in [1.807, 2.05) is 24.1 Å². The third-order valence-corrected chi connectivity index (χ3v) is 17.6. The zero-order valence-corrected chi connectivity index (χ0v) is 41.4. The van der Waals surface area contributed by atoms with Crippen molar-refractivity contribution in [2.24, 2.45) is 23.2 Å². The summed E-state index contributed by atoms with van der Waals surface area (Å²) in [5.41, 5.74) is 9.52. The van der Waals surface area contributed by atoms with Crippen molar-refractivity contribution in [2.45, 2.75) is 128 Å². The van der Waals surface area contributed by atoms with Crippen molar-refractivity contribution in [3.8, 4) is 22.5 Å². The highest BCUT2D eigenvalue weighted by Crippen LogP contribution is 2.49. The number of fused-ring (bicyclic) bond motifs is 6. The molecule has 11 rings (SSSR count). The lowest BCUT2D eigenvalue weighted by Crippen LogP contribution is -2.71. The number of carbonyl (C=O) groups is 4. The highest BCUT2D eigenvalue weighted by molar-refractivity contribution is 7.10. The summed E-state index contributed by atoms with van der Waals surface area (Å²) in [6.07, 6.45) is 7.60. The van der Waals surface area contributed by atoms with Gasteiger partial charge in [-0.05, 0) is 93.5 Å². The molecule has 2 saturated carbocycles. The summed E-state index contributed by atoms with van der Waals surface area (Å²) in [5, 5.41) is 8.73. The number of benzene rings is 1. The van der Waals surface area contributed by atoms with Gasteiger partial charge in [0, 0.05) is 104 Å². The molecule has 6 fully saturated rings. The van der Waals surface area contributed by atoms with E-state index >= 15 is 4.79 Å². The smallest absolute Gasteiger partial charge is 0.324 e. The summed E-state index contributed by atoms with van der Waals surface area (Å²) >= 11 is 1.50. The lowest BCUT2D eigenvalue weighted by Gasteiger charge is -2.56. The van der Waals surface area contributed by atoms with E-state index in [1.165, 1.54) is 29.2 Å². The predicted molar refractivity (Wildman–Crippen MR) is 259 cm³/mol. The van der Waals surface area contributed by atoms with Gasteiger partial charge in [0.15, 0.2) is 0 Å². The van der Waals surface area contributed by atoms with Crippen molar-refractivity contribution in [1.82, 2.24) is 45.0 Å². The van der Waals surface area contributed by atoms with Crippen molar-refractivity contribution in [3.05, 3.63) is 58.2 Å². The number of hydrogen-bond donors (Lipinski definition) is 2. The second-order valence-corrected chi connectivity index (χ2v) is 22.9. The van der Waals surface area contributed by atoms with Crippen LogP contribution in [0.4, 0.5) is 0 Å². The second kappa shape index (κ2) is 17.3. The van der Waals surface area contributed by atoms with Gasteiger partial charge >= 0.3 is 5.97 Å². The van der Waals surface area contributed by atoms with E-state index in [9.17, 15) is 14.4 Å². The number of esters is 1. The van der Waals surface area contributed by atoms with E-state index in [0.717, 1.165) is 75.6 Å². The number of hydrazine groups is 1. The summed E-state index contributed by atoms with van der Waals surface area (Å²) in [6.45, 7) is 16.5. The molecule has 0 radical (unpaired) electrons. The molecule has 1 spiro atoms. The molecular formula is C52H67N9O6S. The Morgan fingerprint density at radius 3 is 2.51 bits per heavy atom. The van der Waals surface area contributed by atoms with Gasteiger partial charge in [-0.3, -0.25) is 39.0 Å². The monoisotopic (exact) mass is 945 g/mol. The number of nitrogens with one attached hydrogen (secondary N) is 2. The number of pyridine rings is 1. The zero-order valence-electron chi connectivity index (χ0n) is 40.6. The van der Waals surface area contributed by atoms with Gasteiger partial charge in [0.1, 0.15) is 17.1 Å². The van der Waals surface area contributed by atoms with Gasteiger partial charge in [-0.15, -0.1) is 11.3 Å². The minimum Gasteiger partial charge on any atom is -0.464 e. The Kier molecular flexibility index (Phi) is 11.6. The van der Waals surface area contributed by atoms with Crippen LogP contribution in [0.25, 0.3) is 33.4 Å². The fourth-order valence-electron chi connectivity index (χ4n) is 12.4. The maximum atomic E-state index is 15.2. The van der Waals surface area contributed by atoms with Gasteiger partial charge in [0.25, 0.3) is 5.91 Å². The summed E-state index contributed by atoms with van der Waals surface area (Å²) in [6, 6.07) is 9.40. The van der Waals surface area contributed by atoms with Crippen LogP contribution in [-0.2, 0) is 35.1 Å². The average molecular weight is 946 g/mol. The fraction of sp³-hybridized carbons (Fsp3) is 0.615. The molecule has 1 unspecified atom stereocenters. The van der Waals surface area contributed by atoms with Crippen LogP contribution in [0.2, 0.25) is 0 Å². The number of ether oxygens (including phenoxy) is 2. The number of aromatic nitrogens is 3. The minimum atomic E-state index is -1.02. The number of cyclic esters (lactones) is 1. The van der Waals surface area contributed by atoms with Crippen LogP contribution in [0.1, 0.15) is 115 Å². The molecule has 2 N–H and O–H groups in total. The first-order chi connectivity index (χ1) is 32.6. The molecular weight excluding hydrogens is 879 g/mol. The Morgan fingerprint density at radius 1 is 1.01 bits per heavy atom. The van der Waals surface area contributed by atoms with Crippen LogP contribution < -0.4 is 10.7 Å². The maximum absolute atomic E-state index is 15.2. The third kappa shape index (κ3) is 7.95. The van der Waals surface area contributed by atoms with Crippen LogP contribution in [0.5, 0.6) is 0 Å². The summed E-state index contributed by atoms with van der Waals surface area (Å²) in [7, 11) is 1.73. The van der Waals surface area contributed by atoms with Crippen LogP contribution in [0.3, 0.4) is 0 Å². The molecule has 5 aliphatic heterocycles. The molecule has 3 aromatic heterocycles. The van der Waals surface area contributed by atoms with Crippen LogP contribution in [-0.4, -0.2) is 135 Å². The van der Waals surface area contributed by atoms with Gasteiger partial charge in [0.05, 0.1) is 47.4 Å². The highest BCUT2D eigenvalue weighted by atomic mass is 32.1. The van der Waals surface area contributed by atoms with Crippen molar-refractivity contribution in [2.75, 3.05) is 53.0 Å². The second-order valence-electron chi connectivity index (χ2n) is 22.0. The van der Waals surface area contributed by atoms with Crippen LogP contribution in [0, 0.1) is 23.2 Å². The maximum Gasteiger partial charge on any atom is 0.324 e. The molecule has 15 nitrogen and oxygen atoms in total. The largest absolute Gasteiger partial charge is 0.464 e. The van der Waals surface area contributed by atoms with Gasteiger partial charge in [-0.1, -0.05) is 33.8 Å². The van der Waals surface area contributed by atoms with E-state index < -0.39 is 29.5 Å². The first-order valence-electron chi connectivity index (χ1n) is 25.1. The zero-order chi connectivity index (χ0) is 47.4. The summed E-state index contributed by atoms with van der Waals surface area (Å²) < 4.78 is 14.8. The molecule has 16 heteroatoms. The fourth-order valence-corrected chi connectivity index (χ4v) is 13.4. The SMILES string of the molecule is CO[C@@H](C)c1ncccc1-c1c2c3cc(ccc3n1C1CN(C3CC3)C1)-c1csc(n1)[C@@H](N1CC3(CCCN3C(C)=O)C1)[C@H](NC(=O)C1[C@@H](C)[C@H]1C)C(=O)N1CCC[C@H](N1)C(=O)OCC(C)(C)C2. The van der Waals surface area contributed by atoms with Crippen LogP contribution in [0.15, 0.2) is 41.9 Å². The number of rotatable bonds is 8. The van der Waals surface area contributed by atoms with Crippen molar-refractivity contribution in [1.29, 1.82) is 0 Å². The number of amides is 3. The molecule has 6 bridgehead atoms. The van der Waals surface area contributed by atoms with Crippen molar-refractivity contribution < 1.29 is 28.7 Å². The van der Waals surface area contributed by atoms with Gasteiger partial charge < -0.3 is 24.3 Å². The van der Waals surface area contributed by atoms with E-state index in [2.05, 4.69) is 82.4 Å². The first-order valence-corrected chi connectivity index (χ1v) is 25.9. The van der Waals surface area contributed by atoms with Gasteiger partial charge in [-0.2, -0.15) is 0 Å². The molecule has 3 amide bonds. The average Bonchev–Trinajstić information content (AvgIpc) is 4.03. The molecule has 4 saturated heterocycles. The molecule has 68 heavy (non-hydrogen) atoms. The predicted octanol–water partition coefficient (Wildman–Crippen LogP) is 6.30. The Labute approximate surface area is 403 Å². The summed E-state index contributed by atoms with van der Waals surface area (Å²) in [4.78, 5) is 73.9. The minimum absolute atomic E-state index is 0.0529. The van der Waals surface area contributed by atoms with Gasteiger partial charge in [-0.25, -0.2) is 10.4 Å². The lowest BCUT2D eigenvalue weighted by atomic mass is 9.84. The van der Waals surface area contributed by atoms with Crippen LogP contribution >= 0.6 is 11.3 Å². The van der Waals surface area contributed by atoms with E-state index in [-0.39, 0.29) is 59.8 Å². The van der Waals surface area contributed by atoms with E-state index in [0.29, 0.717) is 51.5 Å². The first kappa shape index (κ1) is 45.7. The Balaban J connectivity index is 1.07. The molecule has 1 aromatic carbocycles. The number of nitrogens with zero attached hydrogens (tertiary/aromatic N) is 7. The molecule has 7 atom stereocenters. The normalized spacial score (nSPS) is 29.0.